The van der Waals surface area contributed by atoms with Crippen LogP contribution in [0.5, 0.6) is 0 Å². The van der Waals surface area contributed by atoms with Crippen LogP contribution >= 0.6 is 23.2 Å². The van der Waals surface area contributed by atoms with E-state index in [1.807, 2.05) is 0 Å². The second-order valence-electron chi connectivity index (χ2n) is 2.58. The lowest BCUT2D eigenvalue weighted by Crippen LogP contribution is -2.23. The molecule has 0 heterocycles. The van der Waals surface area contributed by atoms with Gasteiger partial charge < -0.3 is 0 Å². The van der Waals surface area contributed by atoms with Gasteiger partial charge in [-0.3, -0.25) is 4.79 Å². The molecule has 0 radical (unpaired) electrons. The Morgan fingerprint density at radius 1 is 1.20 bits per heavy atom. The third-order valence-corrected chi connectivity index (χ3v) is 1.99. The number of rotatable bonds is 1. The summed E-state index contributed by atoms with van der Waals surface area (Å²) in [4.78, 5) is 10.7. The summed E-state index contributed by atoms with van der Waals surface area (Å²) in [6.45, 7) is 0. The summed E-state index contributed by atoms with van der Waals surface area (Å²) in [6.07, 6.45) is -5.16. The number of hydrogen-bond acceptors (Lipinski definition) is 1. The fourth-order valence-electron chi connectivity index (χ4n) is 0.874. The van der Waals surface area contributed by atoms with Crippen LogP contribution in [0.3, 0.4) is 0 Å². The lowest BCUT2D eigenvalue weighted by atomic mass is 10.1. The highest BCUT2D eigenvalue weighted by Gasteiger charge is 2.41. The molecular formula is C8H2Cl2F4O. The molecule has 0 atom stereocenters. The molecule has 0 unspecified atom stereocenters. The summed E-state index contributed by atoms with van der Waals surface area (Å²) in [5, 5.41) is -0.871. The highest BCUT2D eigenvalue weighted by Crippen LogP contribution is 2.29. The van der Waals surface area contributed by atoms with Gasteiger partial charge >= 0.3 is 6.18 Å². The van der Waals surface area contributed by atoms with Crippen LogP contribution in [0.1, 0.15) is 10.4 Å². The first kappa shape index (κ1) is 12.3. The zero-order chi connectivity index (χ0) is 11.8. The van der Waals surface area contributed by atoms with E-state index in [2.05, 4.69) is 0 Å². The largest absolute Gasteiger partial charge is 0.454 e. The third-order valence-electron chi connectivity index (χ3n) is 1.50. The van der Waals surface area contributed by atoms with E-state index < -0.39 is 28.4 Å². The number of alkyl halides is 3. The van der Waals surface area contributed by atoms with Gasteiger partial charge in [0, 0.05) is 5.02 Å². The van der Waals surface area contributed by atoms with E-state index in [-0.39, 0.29) is 5.02 Å². The molecule has 1 aromatic carbocycles. The Kier molecular flexibility index (Phi) is 3.25. The van der Waals surface area contributed by atoms with Crippen molar-refractivity contribution in [2.24, 2.45) is 0 Å². The lowest BCUT2D eigenvalue weighted by Gasteiger charge is -2.07. The van der Waals surface area contributed by atoms with E-state index in [4.69, 9.17) is 23.2 Å². The summed E-state index contributed by atoms with van der Waals surface area (Å²) < 4.78 is 49.0. The molecule has 0 N–H and O–H groups in total. The van der Waals surface area contributed by atoms with Crippen LogP contribution in [-0.2, 0) is 0 Å². The number of hydrogen-bond donors (Lipinski definition) is 0. The topological polar surface area (TPSA) is 17.1 Å². The summed E-state index contributed by atoms with van der Waals surface area (Å²) in [7, 11) is 0. The molecule has 15 heavy (non-hydrogen) atoms. The van der Waals surface area contributed by atoms with Crippen LogP contribution in [0, 0.1) is 5.82 Å². The summed E-state index contributed by atoms with van der Waals surface area (Å²) in [5.74, 6) is -3.74. The van der Waals surface area contributed by atoms with E-state index in [9.17, 15) is 22.4 Å². The van der Waals surface area contributed by atoms with Gasteiger partial charge in [-0.2, -0.15) is 13.2 Å². The van der Waals surface area contributed by atoms with Crippen molar-refractivity contribution in [1.82, 2.24) is 0 Å². The number of ketones is 1. The minimum atomic E-state index is -5.16. The lowest BCUT2D eigenvalue weighted by molar-refractivity contribution is -0.0887. The molecule has 0 saturated heterocycles. The number of halogens is 6. The summed E-state index contributed by atoms with van der Waals surface area (Å²) in [6, 6.07) is 1.49. The van der Waals surface area contributed by atoms with Gasteiger partial charge in [0.05, 0.1) is 10.6 Å². The van der Waals surface area contributed by atoms with Crippen molar-refractivity contribution >= 4 is 29.0 Å². The van der Waals surface area contributed by atoms with Gasteiger partial charge in [0.15, 0.2) is 5.82 Å². The number of carbonyl (C=O) groups is 1. The van der Waals surface area contributed by atoms with Gasteiger partial charge in [-0.05, 0) is 12.1 Å². The Bertz CT molecular complexity index is 414. The maximum atomic E-state index is 13.1. The quantitative estimate of drug-likeness (QED) is 0.426. The highest BCUT2D eigenvalue weighted by molar-refractivity contribution is 6.35. The first-order valence-electron chi connectivity index (χ1n) is 3.49. The van der Waals surface area contributed by atoms with Gasteiger partial charge in [0.1, 0.15) is 0 Å². The molecule has 0 aromatic heterocycles. The average molecular weight is 261 g/mol. The molecule has 0 spiro atoms. The van der Waals surface area contributed by atoms with Crippen molar-refractivity contribution in [3.63, 3.8) is 0 Å². The van der Waals surface area contributed by atoms with Crippen molar-refractivity contribution in [2.75, 3.05) is 0 Å². The predicted octanol–water partition coefficient (Wildman–Crippen LogP) is 3.88. The zero-order valence-electron chi connectivity index (χ0n) is 6.83. The molecule has 0 fully saturated rings. The van der Waals surface area contributed by atoms with Gasteiger partial charge in [-0.25, -0.2) is 4.39 Å². The van der Waals surface area contributed by atoms with Gasteiger partial charge in [0.25, 0.3) is 5.78 Å². The monoisotopic (exact) mass is 260 g/mol. The number of carbonyl (C=O) groups excluding carboxylic acids is 1. The molecule has 82 valence electrons. The first-order chi connectivity index (χ1) is 6.73. The third kappa shape index (κ3) is 2.60. The van der Waals surface area contributed by atoms with E-state index in [0.717, 1.165) is 6.07 Å². The number of benzene rings is 1. The molecule has 1 rings (SSSR count). The molecule has 7 heteroatoms. The highest BCUT2D eigenvalue weighted by atomic mass is 35.5. The molecular weight excluding hydrogens is 259 g/mol. The molecule has 0 saturated carbocycles. The van der Waals surface area contributed by atoms with Gasteiger partial charge in [0.2, 0.25) is 0 Å². The van der Waals surface area contributed by atoms with Crippen molar-refractivity contribution < 1.29 is 22.4 Å². The fourth-order valence-corrected chi connectivity index (χ4v) is 1.37. The Morgan fingerprint density at radius 3 is 2.20 bits per heavy atom. The van der Waals surface area contributed by atoms with E-state index in [0.29, 0.717) is 6.07 Å². The first-order valence-corrected chi connectivity index (χ1v) is 4.25. The van der Waals surface area contributed by atoms with Crippen LogP contribution < -0.4 is 0 Å². The minimum Gasteiger partial charge on any atom is -0.284 e. The molecule has 0 aliphatic rings. The van der Waals surface area contributed by atoms with Crippen LogP contribution in [-0.4, -0.2) is 12.0 Å². The van der Waals surface area contributed by atoms with Crippen LogP contribution in [0.2, 0.25) is 10.0 Å². The molecule has 0 aliphatic carbocycles. The molecule has 0 aliphatic heterocycles. The number of Topliss-reactive ketones (excluding diaryl/α,β-unsaturated/α-hetero) is 1. The predicted molar refractivity (Wildman–Crippen MR) is 46.8 cm³/mol. The Balaban J connectivity index is 3.32. The van der Waals surface area contributed by atoms with E-state index >= 15 is 0 Å². The van der Waals surface area contributed by atoms with Gasteiger partial charge in [-0.15, -0.1) is 0 Å². The minimum absolute atomic E-state index is 0.242. The SMILES string of the molecule is O=C(c1cc(Cl)cc(Cl)c1F)C(F)(F)F. The van der Waals surface area contributed by atoms with Crippen LogP contribution in [0.4, 0.5) is 17.6 Å². The second-order valence-corrected chi connectivity index (χ2v) is 3.42. The van der Waals surface area contributed by atoms with Crippen LogP contribution in [0.15, 0.2) is 12.1 Å². The zero-order valence-corrected chi connectivity index (χ0v) is 8.34. The normalized spacial score (nSPS) is 11.6. The Morgan fingerprint density at radius 2 is 1.73 bits per heavy atom. The van der Waals surface area contributed by atoms with Crippen molar-refractivity contribution in [3.8, 4) is 0 Å². The maximum Gasteiger partial charge on any atom is 0.454 e. The Hall–Kier alpha value is -0.810. The standard InChI is InChI=1S/C8H2Cl2F4O/c9-3-1-4(6(11)5(10)2-3)7(15)8(12,13)14/h1-2H. The Labute approximate surface area is 91.6 Å². The second kappa shape index (κ2) is 3.98. The molecule has 0 amide bonds. The van der Waals surface area contributed by atoms with Crippen molar-refractivity contribution in [3.05, 3.63) is 33.6 Å². The molecule has 0 bridgehead atoms. The molecule has 1 aromatic rings. The van der Waals surface area contributed by atoms with E-state index in [1.54, 1.807) is 0 Å². The van der Waals surface area contributed by atoms with E-state index in [1.165, 1.54) is 0 Å². The molecule has 1 nitrogen and oxygen atoms in total. The van der Waals surface area contributed by atoms with Crippen LogP contribution in [0.25, 0.3) is 0 Å². The van der Waals surface area contributed by atoms with Gasteiger partial charge in [-0.1, -0.05) is 23.2 Å². The fraction of sp³-hybridized carbons (Fsp3) is 0.125. The summed E-state index contributed by atoms with van der Waals surface area (Å²) >= 11 is 10.6. The maximum absolute atomic E-state index is 13.1. The van der Waals surface area contributed by atoms with Crippen molar-refractivity contribution in [2.45, 2.75) is 6.18 Å². The summed E-state index contributed by atoms with van der Waals surface area (Å²) in [5.41, 5.74) is -1.18. The smallest absolute Gasteiger partial charge is 0.284 e. The van der Waals surface area contributed by atoms with Crippen molar-refractivity contribution in [1.29, 1.82) is 0 Å². The average Bonchev–Trinajstić information content (AvgIpc) is 2.08.